The lowest BCUT2D eigenvalue weighted by atomic mass is 10.2. The van der Waals surface area contributed by atoms with Gasteiger partial charge in [-0.1, -0.05) is 12.1 Å². The molecule has 0 aliphatic heterocycles. The SMILES string of the molecule is CNCOc1ccccc1C(=O)O. The zero-order valence-corrected chi connectivity index (χ0v) is 7.28. The van der Waals surface area contributed by atoms with Crippen molar-refractivity contribution in [1.29, 1.82) is 0 Å². The molecule has 2 N–H and O–H groups in total. The highest BCUT2D eigenvalue weighted by Crippen LogP contribution is 2.16. The van der Waals surface area contributed by atoms with Crippen LogP contribution in [0.4, 0.5) is 0 Å². The second kappa shape index (κ2) is 4.47. The normalized spacial score (nSPS) is 9.62. The van der Waals surface area contributed by atoms with Crippen LogP contribution in [-0.4, -0.2) is 24.9 Å². The minimum absolute atomic E-state index is 0.178. The highest BCUT2D eigenvalue weighted by molar-refractivity contribution is 5.90. The second-order valence-corrected chi connectivity index (χ2v) is 2.44. The summed E-state index contributed by atoms with van der Waals surface area (Å²) in [6.07, 6.45) is 0. The Morgan fingerprint density at radius 3 is 2.85 bits per heavy atom. The number of aromatic carboxylic acids is 1. The van der Waals surface area contributed by atoms with E-state index in [0.717, 1.165) is 0 Å². The monoisotopic (exact) mass is 181 g/mol. The van der Waals surface area contributed by atoms with Gasteiger partial charge in [0.05, 0.1) is 0 Å². The minimum atomic E-state index is -0.980. The van der Waals surface area contributed by atoms with E-state index in [-0.39, 0.29) is 5.56 Å². The Labute approximate surface area is 76.1 Å². The van der Waals surface area contributed by atoms with Crippen molar-refractivity contribution < 1.29 is 14.6 Å². The third-order valence-electron chi connectivity index (χ3n) is 1.49. The highest BCUT2D eigenvalue weighted by atomic mass is 16.5. The van der Waals surface area contributed by atoms with E-state index in [0.29, 0.717) is 12.5 Å². The predicted molar refractivity (Wildman–Crippen MR) is 48.0 cm³/mol. The Hall–Kier alpha value is -1.55. The molecule has 0 aromatic heterocycles. The third-order valence-corrected chi connectivity index (χ3v) is 1.49. The first-order chi connectivity index (χ1) is 6.25. The lowest BCUT2D eigenvalue weighted by Gasteiger charge is -2.07. The molecule has 0 radical (unpaired) electrons. The summed E-state index contributed by atoms with van der Waals surface area (Å²) in [5, 5.41) is 11.5. The van der Waals surface area contributed by atoms with Crippen LogP contribution in [0.3, 0.4) is 0 Å². The van der Waals surface area contributed by atoms with Crippen molar-refractivity contribution in [2.45, 2.75) is 0 Å². The molecular weight excluding hydrogens is 170 g/mol. The number of para-hydroxylation sites is 1. The number of benzene rings is 1. The van der Waals surface area contributed by atoms with Crippen molar-refractivity contribution in [2.75, 3.05) is 13.8 Å². The summed E-state index contributed by atoms with van der Waals surface area (Å²) in [6, 6.07) is 6.53. The number of ether oxygens (including phenoxy) is 1. The maximum Gasteiger partial charge on any atom is 0.339 e. The van der Waals surface area contributed by atoms with Gasteiger partial charge in [0.25, 0.3) is 0 Å². The lowest BCUT2D eigenvalue weighted by molar-refractivity contribution is 0.0692. The fourth-order valence-electron chi connectivity index (χ4n) is 0.919. The molecule has 0 aliphatic rings. The number of carboxylic acid groups (broad SMARTS) is 1. The molecule has 0 amide bonds. The van der Waals surface area contributed by atoms with Gasteiger partial charge in [0.2, 0.25) is 0 Å². The molecule has 1 rings (SSSR count). The van der Waals surface area contributed by atoms with Crippen molar-refractivity contribution >= 4 is 5.97 Å². The van der Waals surface area contributed by atoms with Crippen molar-refractivity contribution in [3.8, 4) is 5.75 Å². The van der Waals surface area contributed by atoms with Crippen LogP contribution < -0.4 is 10.1 Å². The van der Waals surface area contributed by atoms with E-state index in [1.807, 2.05) is 0 Å². The topological polar surface area (TPSA) is 58.6 Å². The van der Waals surface area contributed by atoms with Gasteiger partial charge in [0.15, 0.2) is 0 Å². The van der Waals surface area contributed by atoms with Gasteiger partial charge < -0.3 is 9.84 Å². The van der Waals surface area contributed by atoms with Crippen molar-refractivity contribution in [3.63, 3.8) is 0 Å². The maximum atomic E-state index is 10.7. The molecule has 13 heavy (non-hydrogen) atoms. The molecule has 0 aliphatic carbocycles. The van der Waals surface area contributed by atoms with Gasteiger partial charge in [-0.2, -0.15) is 0 Å². The molecular formula is C9H11NO3. The molecule has 1 aromatic rings. The Bertz CT molecular complexity index is 299. The molecule has 0 fully saturated rings. The van der Waals surface area contributed by atoms with E-state index in [2.05, 4.69) is 5.32 Å². The van der Waals surface area contributed by atoms with Crippen LogP contribution in [0.5, 0.6) is 5.75 Å². The standard InChI is InChI=1S/C9H11NO3/c1-10-6-13-8-5-3-2-4-7(8)9(11)12/h2-5,10H,6H2,1H3,(H,11,12). The van der Waals surface area contributed by atoms with Crippen LogP contribution in [0.15, 0.2) is 24.3 Å². The molecule has 0 saturated carbocycles. The molecule has 0 heterocycles. The zero-order chi connectivity index (χ0) is 9.68. The van der Waals surface area contributed by atoms with Crippen molar-refractivity contribution in [1.82, 2.24) is 5.32 Å². The maximum absolute atomic E-state index is 10.7. The first kappa shape index (κ1) is 9.54. The summed E-state index contributed by atoms with van der Waals surface area (Å²) in [5.41, 5.74) is 0.178. The van der Waals surface area contributed by atoms with Crippen LogP contribution in [0.2, 0.25) is 0 Å². The Morgan fingerprint density at radius 1 is 1.54 bits per heavy atom. The summed E-state index contributed by atoms with van der Waals surface area (Å²) in [4.78, 5) is 10.7. The number of nitrogens with one attached hydrogen (secondary N) is 1. The summed E-state index contributed by atoms with van der Waals surface area (Å²) in [5.74, 6) is -0.601. The van der Waals surface area contributed by atoms with E-state index in [9.17, 15) is 4.79 Å². The molecule has 0 saturated heterocycles. The number of hydrogen-bond acceptors (Lipinski definition) is 3. The smallest absolute Gasteiger partial charge is 0.339 e. The minimum Gasteiger partial charge on any atom is -0.478 e. The molecule has 4 nitrogen and oxygen atoms in total. The number of carbonyl (C=O) groups is 1. The summed E-state index contributed by atoms with van der Waals surface area (Å²) >= 11 is 0. The largest absolute Gasteiger partial charge is 0.478 e. The number of carboxylic acids is 1. The summed E-state index contributed by atoms with van der Waals surface area (Å²) in [7, 11) is 1.73. The Morgan fingerprint density at radius 2 is 2.23 bits per heavy atom. The van der Waals surface area contributed by atoms with E-state index in [1.165, 1.54) is 6.07 Å². The van der Waals surface area contributed by atoms with Crippen molar-refractivity contribution in [3.05, 3.63) is 29.8 Å². The molecule has 0 bridgehead atoms. The fraction of sp³-hybridized carbons (Fsp3) is 0.222. The lowest BCUT2D eigenvalue weighted by Crippen LogP contribution is -2.15. The molecule has 0 unspecified atom stereocenters. The zero-order valence-electron chi connectivity index (χ0n) is 7.28. The van der Waals surface area contributed by atoms with Crippen LogP contribution >= 0.6 is 0 Å². The summed E-state index contributed by atoms with van der Waals surface area (Å²) in [6.45, 7) is 0.296. The van der Waals surface area contributed by atoms with Gasteiger partial charge in [-0.25, -0.2) is 4.79 Å². The molecule has 1 aromatic carbocycles. The van der Waals surface area contributed by atoms with Gasteiger partial charge in [-0.3, -0.25) is 5.32 Å². The Balaban J connectivity index is 2.84. The number of hydrogen-bond donors (Lipinski definition) is 2. The van der Waals surface area contributed by atoms with Gasteiger partial charge in [0, 0.05) is 0 Å². The van der Waals surface area contributed by atoms with E-state index in [4.69, 9.17) is 9.84 Å². The second-order valence-electron chi connectivity index (χ2n) is 2.44. The predicted octanol–water partition coefficient (Wildman–Crippen LogP) is 0.941. The molecule has 4 heteroatoms. The quantitative estimate of drug-likeness (QED) is 0.679. The summed E-state index contributed by atoms with van der Waals surface area (Å²) < 4.78 is 5.16. The number of rotatable bonds is 4. The average Bonchev–Trinajstić information content (AvgIpc) is 2.15. The fourth-order valence-corrected chi connectivity index (χ4v) is 0.919. The van der Waals surface area contributed by atoms with Crippen LogP contribution in [0, 0.1) is 0 Å². The van der Waals surface area contributed by atoms with E-state index < -0.39 is 5.97 Å². The Kier molecular flexibility index (Phi) is 3.28. The highest BCUT2D eigenvalue weighted by Gasteiger charge is 2.08. The average molecular weight is 181 g/mol. The first-order valence-corrected chi connectivity index (χ1v) is 3.85. The molecule has 0 atom stereocenters. The first-order valence-electron chi connectivity index (χ1n) is 3.85. The van der Waals surface area contributed by atoms with Crippen LogP contribution in [0.1, 0.15) is 10.4 Å². The van der Waals surface area contributed by atoms with Crippen molar-refractivity contribution in [2.24, 2.45) is 0 Å². The van der Waals surface area contributed by atoms with Gasteiger partial charge in [-0.05, 0) is 19.2 Å². The molecule has 70 valence electrons. The van der Waals surface area contributed by atoms with Crippen LogP contribution in [-0.2, 0) is 0 Å². The van der Waals surface area contributed by atoms with E-state index in [1.54, 1.807) is 25.2 Å². The van der Waals surface area contributed by atoms with Gasteiger partial charge in [0.1, 0.15) is 18.0 Å². The molecule has 0 spiro atoms. The van der Waals surface area contributed by atoms with Gasteiger partial charge >= 0.3 is 5.97 Å². The third kappa shape index (κ3) is 2.45. The van der Waals surface area contributed by atoms with Crippen LogP contribution in [0.25, 0.3) is 0 Å². The van der Waals surface area contributed by atoms with Gasteiger partial charge in [-0.15, -0.1) is 0 Å². The van der Waals surface area contributed by atoms with E-state index >= 15 is 0 Å².